The molecule has 2 rings (SSSR count). The van der Waals surface area contributed by atoms with Crippen LogP contribution in [0.4, 0.5) is 5.69 Å². The van der Waals surface area contributed by atoms with Crippen molar-refractivity contribution >= 4 is 27.6 Å². The second-order valence-electron chi connectivity index (χ2n) is 4.11. The van der Waals surface area contributed by atoms with Gasteiger partial charge in [0.05, 0.1) is 12.2 Å². The van der Waals surface area contributed by atoms with E-state index >= 15 is 0 Å². The largest absolute Gasteiger partial charge is 0.480 e. The van der Waals surface area contributed by atoms with Gasteiger partial charge in [0, 0.05) is 30.7 Å². The molecule has 17 heavy (non-hydrogen) atoms. The number of aliphatic carboxylic acids is 1. The molecule has 1 N–H and O–H groups in total. The van der Waals surface area contributed by atoms with Crippen molar-refractivity contribution < 1.29 is 9.90 Å². The molecule has 1 heterocycles. The molecule has 0 unspecified atom stereocenters. The Morgan fingerprint density at radius 2 is 1.88 bits per heavy atom. The number of piperazine rings is 1. The first-order chi connectivity index (χ1) is 8.16. The SMILES string of the molecule is O=C(O)CN1CCN(c2ccccc2Br)CC1. The standard InChI is InChI=1S/C12H15BrN2O2/c13-10-3-1-2-4-11(10)15-7-5-14(6-8-15)9-12(16)17/h1-4H,5-9H2,(H,16,17). The fourth-order valence-electron chi connectivity index (χ4n) is 2.05. The van der Waals surface area contributed by atoms with Gasteiger partial charge in [-0.25, -0.2) is 0 Å². The van der Waals surface area contributed by atoms with E-state index in [0.29, 0.717) is 0 Å². The summed E-state index contributed by atoms with van der Waals surface area (Å²) in [7, 11) is 0. The minimum atomic E-state index is -0.751. The summed E-state index contributed by atoms with van der Waals surface area (Å²) in [6, 6.07) is 8.12. The molecular formula is C12H15BrN2O2. The van der Waals surface area contributed by atoms with Crippen molar-refractivity contribution in [3.8, 4) is 0 Å². The van der Waals surface area contributed by atoms with Crippen molar-refractivity contribution in [2.75, 3.05) is 37.6 Å². The van der Waals surface area contributed by atoms with Crippen molar-refractivity contribution in [3.63, 3.8) is 0 Å². The van der Waals surface area contributed by atoms with Gasteiger partial charge in [-0.15, -0.1) is 0 Å². The lowest BCUT2D eigenvalue weighted by atomic mass is 10.2. The number of hydrogen-bond donors (Lipinski definition) is 1. The Balaban J connectivity index is 1.95. The van der Waals surface area contributed by atoms with E-state index in [9.17, 15) is 4.79 Å². The molecule has 0 saturated carbocycles. The summed E-state index contributed by atoms with van der Waals surface area (Å²) in [4.78, 5) is 14.9. The van der Waals surface area contributed by atoms with Crippen LogP contribution in [0, 0.1) is 0 Å². The third kappa shape index (κ3) is 3.20. The Morgan fingerprint density at radius 3 is 2.47 bits per heavy atom. The zero-order valence-corrected chi connectivity index (χ0v) is 11.1. The summed E-state index contributed by atoms with van der Waals surface area (Å²) in [6.07, 6.45) is 0. The van der Waals surface area contributed by atoms with Crippen molar-refractivity contribution in [2.45, 2.75) is 0 Å². The van der Waals surface area contributed by atoms with E-state index in [1.165, 1.54) is 5.69 Å². The molecule has 1 aliphatic heterocycles. The number of anilines is 1. The second kappa shape index (κ2) is 5.51. The van der Waals surface area contributed by atoms with Crippen molar-refractivity contribution in [1.29, 1.82) is 0 Å². The maximum absolute atomic E-state index is 10.6. The van der Waals surface area contributed by atoms with Crippen LogP contribution < -0.4 is 4.90 Å². The van der Waals surface area contributed by atoms with Gasteiger partial charge >= 0.3 is 5.97 Å². The summed E-state index contributed by atoms with van der Waals surface area (Å²) in [5, 5.41) is 8.73. The topological polar surface area (TPSA) is 43.8 Å². The van der Waals surface area contributed by atoms with E-state index < -0.39 is 5.97 Å². The van der Waals surface area contributed by atoms with Gasteiger partial charge in [-0.1, -0.05) is 12.1 Å². The van der Waals surface area contributed by atoms with Gasteiger partial charge in [0.2, 0.25) is 0 Å². The Morgan fingerprint density at radius 1 is 1.24 bits per heavy atom. The highest BCUT2D eigenvalue weighted by Gasteiger charge is 2.19. The summed E-state index contributed by atoms with van der Waals surface area (Å²) in [6.45, 7) is 3.48. The lowest BCUT2D eigenvalue weighted by Gasteiger charge is -2.35. The molecule has 1 aliphatic rings. The molecule has 0 bridgehead atoms. The van der Waals surface area contributed by atoms with Crippen LogP contribution in [0.5, 0.6) is 0 Å². The van der Waals surface area contributed by atoms with Crippen molar-refractivity contribution in [3.05, 3.63) is 28.7 Å². The monoisotopic (exact) mass is 298 g/mol. The van der Waals surface area contributed by atoms with Gasteiger partial charge in [0.15, 0.2) is 0 Å². The summed E-state index contributed by atoms with van der Waals surface area (Å²) >= 11 is 3.54. The highest BCUT2D eigenvalue weighted by atomic mass is 79.9. The van der Waals surface area contributed by atoms with Crippen LogP contribution in [-0.4, -0.2) is 48.7 Å². The third-order valence-electron chi connectivity index (χ3n) is 2.92. The predicted molar refractivity (Wildman–Crippen MR) is 70.4 cm³/mol. The van der Waals surface area contributed by atoms with Crippen LogP contribution in [0.25, 0.3) is 0 Å². The van der Waals surface area contributed by atoms with E-state index in [0.717, 1.165) is 30.7 Å². The van der Waals surface area contributed by atoms with Crippen LogP contribution in [-0.2, 0) is 4.79 Å². The van der Waals surface area contributed by atoms with Crippen LogP contribution in [0.3, 0.4) is 0 Å². The summed E-state index contributed by atoms with van der Waals surface area (Å²) in [5.41, 5.74) is 1.18. The highest BCUT2D eigenvalue weighted by molar-refractivity contribution is 9.10. The third-order valence-corrected chi connectivity index (χ3v) is 3.59. The highest BCUT2D eigenvalue weighted by Crippen LogP contribution is 2.26. The minimum absolute atomic E-state index is 0.143. The second-order valence-corrected chi connectivity index (χ2v) is 4.96. The first kappa shape index (κ1) is 12.4. The fraction of sp³-hybridized carbons (Fsp3) is 0.417. The van der Waals surface area contributed by atoms with Crippen LogP contribution >= 0.6 is 15.9 Å². The quantitative estimate of drug-likeness (QED) is 0.922. The molecule has 92 valence electrons. The number of carboxylic acids is 1. The number of hydrogen-bond acceptors (Lipinski definition) is 3. The zero-order valence-electron chi connectivity index (χ0n) is 9.47. The van der Waals surface area contributed by atoms with E-state index in [2.05, 4.69) is 26.9 Å². The molecule has 0 aromatic heterocycles. The number of nitrogens with zero attached hydrogens (tertiary/aromatic N) is 2. The Bertz CT molecular complexity index is 403. The lowest BCUT2D eigenvalue weighted by molar-refractivity contribution is -0.138. The average molecular weight is 299 g/mol. The molecule has 4 nitrogen and oxygen atoms in total. The number of halogens is 1. The number of rotatable bonds is 3. The number of benzene rings is 1. The number of carbonyl (C=O) groups is 1. The molecule has 5 heteroatoms. The first-order valence-electron chi connectivity index (χ1n) is 5.60. The minimum Gasteiger partial charge on any atom is -0.480 e. The van der Waals surface area contributed by atoms with Crippen LogP contribution in [0.15, 0.2) is 28.7 Å². The molecule has 0 radical (unpaired) electrons. The smallest absolute Gasteiger partial charge is 0.317 e. The van der Waals surface area contributed by atoms with Crippen molar-refractivity contribution in [2.24, 2.45) is 0 Å². The molecule has 0 aliphatic carbocycles. The Labute approximate surface area is 109 Å². The summed E-state index contributed by atoms with van der Waals surface area (Å²) < 4.78 is 1.09. The van der Waals surface area contributed by atoms with Gasteiger partial charge < -0.3 is 10.0 Å². The van der Waals surface area contributed by atoms with Gasteiger partial charge in [-0.2, -0.15) is 0 Å². The molecule has 0 amide bonds. The molecular weight excluding hydrogens is 284 g/mol. The van der Waals surface area contributed by atoms with E-state index in [1.807, 2.05) is 23.1 Å². The predicted octanol–water partition coefficient (Wildman–Crippen LogP) is 1.66. The van der Waals surface area contributed by atoms with E-state index in [-0.39, 0.29) is 6.54 Å². The van der Waals surface area contributed by atoms with Crippen molar-refractivity contribution in [1.82, 2.24) is 4.90 Å². The van der Waals surface area contributed by atoms with Gasteiger partial charge in [-0.3, -0.25) is 9.69 Å². The van der Waals surface area contributed by atoms with Gasteiger partial charge in [-0.05, 0) is 28.1 Å². The van der Waals surface area contributed by atoms with Gasteiger partial charge in [0.1, 0.15) is 0 Å². The van der Waals surface area contributed by atoms with Crippen LogP contribution in [0.1, 0.15) is 0 Å². The Hall–Kier alpha value is -1.07. The molecule has 1 fully saturated rings. The normalized spacial score (nSPS) is 17.1. The first-order valence-corrected chi connectivity index (χ1v) is 6.40. The van der Waals surface area contributed by atoms with Crippen LogP contribution in [0.2, 0.25) is 0 Å². The fourth-order valence-corrected chi connectivity index (χ4v) is 2.58. The number of para-hydroxylation sites is 1. The van der Waals surface area contributed by atoms with Gasteiger partial charge in [0.25, 0.3) is 0 Å². The molecule has 1 aromatic carbocycles. The summed E-state index contributed by atoms with van der Waals surface area (Å²) in [5.74, 6) is -0.751. The molecule has 1 saturated heterocycles. The maximum atomic E-state index is 10.6. The zero-order chi connectivity index (χ0) is 12.3. The molecule has 0 atom stereocenters. The molecule has 0 spiro atoms. The lowest BCUT2D eigenvalue weighted by Crippen LogP contribution is -2.48. The number of carboxylic acid groups (broad SMARTS) is 1. The average Bonchev–Trinajstić information content (AvgIpc) is 2.30. The van der Waals surface area contributed by atoms with E-state index in [1.54, 1.807) is 0 Å². The van der Waals surface area contributed by atoms with E-state index in [4.69, 9.17) is 5.11 Å². The Kier molecular flexibility index (Phi) is 4.02. The maximum Gasteiger partial charge on any atom is 0.317 e. The molecule has 1 aromatic rings.